The fourth-order valence-corrected chi connectivity index (χ4v) is 5.30. The van der Waals surface area contributed by atoms with E-state index in [1.54, 1.807) is 29.4 Å². The highest BCUT2D eigenvalue weighted by molar-refractivity contribution is 8.00. The Kier molecular flexibility index (Phi) is 5.66. The van der Waals surface area contributed by atoms with Crippen molar-refractivity contribution < 1.29 is 13.2 Å². The molecule has 1 fully saturated rings. The molecule has 0 bridgehead atoms. The average Bonchev–Trinajstić information content (AvgIpc) is 3.12. The van der Waals surface area contributed by atoms with Crippen LogP contribution in [0.4, 0.5) is 0 Å². The topological polar surface area (TPSA) is 67.3 Å². The summed E-state index contributed by atoms with van der Waals surface area (Å²) in [5, 5.41) is -0.0705. The molecular formula is C17H17ClN2O3S2. The lowest BCUT2D eigenvalue weighted by molar-refractivity contribution is -0.127. The molecule has 0 spiro atoms. The molecule has 1 aliphatic rings. The minimum atomic E-state index is -3.46. The Morgan fingerprint density at radius 1 is 1.20 bits per heavy atom. The van der Waals surface area contributed by atoms with E-state index in [0.29, 0.717) is 18.0 Å². The van der Waals surface area contributed by atoms with Crippen LogP contribution in [0.25, 0.3) is 0 Å². The monoisotopic (exact) mass is 396 g/mol. The summed E-state index contributed by atoms with van der Waals surface area (Å²) in [6.45, 7) is 0.702. The van der Waals surface area contributed by atoms with Crippen LogP contribution in [0.15, 0.2) is 58.6 Å². The van der Waals surface area contributed by atoms with E-state index in [4.69, 9.17) is 11.6 Å². The van der Waals surface area contributed by atoms with Crippen LogP contribution in [0.5, 0.6) is 0 Å². The molecule has 1 aromatic carbocycles. The van der Waals surface area contributed by atoms with Crippen molar-refractivity contribution in [2.75, 3.05) is 18.8 Å². The number of nitrogens with zero attached hydrogens (tertiary/aromatic N) is 2. The van der Waals surface area contributed by atoms with Gasteiger partial charge in [-0.2, -0.15) is 0 Å². The molecule has 1 aromatic heterocycles. The number of amides is 1. The molecule has 3 rings (SSSR count). The molecule has 1 amide bonds. The number of thioether (sulfide) groups is 1. The van der Waals surface area contributed by atoms with Crippen LogP contribution in [0.2, 0.25) is 5.02 Å². The van der Waals surface area contributed by atoms with E-state index in [-0.39, 0.29) is 23.1 Å². The second-order valence-corrected chi connectivity index (χ2v) is 9.43. The molecule has 5 nitrogen and oxygen atoms in total. The molecular weight excluding hydrogens is 380 g/mol. The molecule has 1 unspecified atom stereocenters. The zero-order valence-electron chi connectivity index (χ0n) is 13.3. The maximum Gasteiger partial charge on any atom is 0.232 e. The van der Waals surface area contributed by atoms with E-state index < -0.39 is 15.1 Å². The molecule has 1 aliphatic heterocycles. The number of carbonyl (C=O) groups excluding carboxylic acids is 1. The maximum atomic E-state index is 12.7. The average molecular weight is 397 g/mol. The lowest BCUT2D eigenvalue weighted by Crippen LogP contribution is -2.33. The number of carbonyl (C=O) groups is 1. The van der Waals surface area contributed by atoms with Gasteiger partial charge in [0.15, 0.2) is 9.84 Å². The third kappa shape index (κ3) is 4.34. The van der Waals surface area contributed by atoms with Crippen LogP contribution in [0.3, 0.4) is 0 Å². The fourth-order valence-electron chi connectivity index (χ4n) is 2.70. The van der Waals surface area contributed by atoms with Crippen LogP contribution in [-0.2, 0) is 14.6 Å². The Bertz CT molecular complexity index is 842. The van der Waals surface area contributed by atoms with Crippen LogP contribution < -0.4 is 0 Å². The first-order valence-corrected chi connectivity index (χ1v) is 10.7. The first-order valence-electron chi connectivity index (χ1n) is 7.77. The summed E-state index contributed by atoms with van der Waals surface area (Å²) >= 11 is 7.24. The number of likely N-dealkylation sites (tertiary alicyclic amines) is 1. The normalized spacial score (nSPS) is 17.6. The van der Waals surface area contributed by atoms with Gasteiger partial charge < -0.3 is 4.90 Å². The van der Waals surface area contributed by atoms with Gasteiger partial charge in [0.2, 0.25) is 5.91 Å². The SMILES string of the molecule is O=C(CSc1ccncc1)N1CCC(S(=O)(=O)c2ccc(Cl)cc2)C1. The van der Waals surface area contributed by atoms with Gasteiger partial charge in [0.25, 0.3) is 0 Å². The van der Waals surface area contributed by atoms with Gasteiger partial charge >= 0.3 is 0 Å². The summed E-state index contributed by atoms with van der Waals surface area (Å²) in [6.07, 6.45) is 3.81. The molecule has 25 heavy (non-hydrogen) atoms. The fraction of sp³-hybridized carbons (Fsp3) is 0.294. The van der Waals surface area contributed by atoms with Crippen molar-refractivity contribution in [1.29, 1.82) is 0 Å². The first-order chi connectivity index (χ1) is 12.0. The molecule has 1 saturated heterocycles. The van der Waals surface area contributed by atoms with Gasteiger partial charge in [-0.25, -0.2) is 8.42 Å². The molecule has 0 saturated carbocycles. The van der Waals surface area contributed by atoms with E-state index in [1.165, 1.54) is 23.9 Å². The van der Waals surface area contributed by atoms with Gasteiger partial charge in [0, 0.05) is 35.4 Å². The minimum Gasteiger partial charge on any atom is -0.341 e. The number of sulfone groups is 1. The summed E-state index contributed by atoms with van der Waals surface area (Å²) in [5.41, 5.74) is 0. The molecule has 1 atom stereocenters. The second-order valence-electron chi connectivity index (χ2n) is 5.72. The lowest BCUT2D eigenvalue weighted by Gasteiger charge is -2.16. The summed E-state index contributed by atoms with van der Waals surface area (Å²) < 4.78 is 25.4. The van der Waals surface area contributed by atoms with E-state index in [0.717, 1.165) is 4.90 Å². The highest BCUT2D eigenvalue weighted by Crippen LogP contribution is 2.26. The smallest absolute Gasteiger partial charge is 0.232 e. The Balaban J connectivity index is 1.61. The highest BCUT2D eigenvalue weighted by Gasteiger charge is 2.35. The Labute approximate surface area is 156 Å². The van der Waals surface area contributed by atoms with Crippen molar-refractivity contribution >= 4 is 39.1 Å². The van der Waals surface area contributed by atoms with Crippen LogP contribution in [0.1, 0.15) is 6.42 Å². The van der Waals surface area contributed by atoms with Crippen LogP contribution in [0, 0.1) is 0 Å². The van der Waals surface area contributed by atoms with Crippen molar-refractivity contribution in [3.63, 3.8) is 0 Å². The van der Waals surface area contributed by atoms with Gasteiger partial charge in [-0.05, 0) is 42.8 Å². The molecule has 8 heteroatoms. The quantitative estimate of drug-likeness (QED) is 0.727. The Hall–Kier alpha value is -1.57. The Morgan fingerprint density at radius 3 is 2.56 bits per heavy atom. The molecule has 0 aliphatic carbocycles. The van der Waals surface area contributed by atoms with Gasteiger partial charge in [0.1, 0.15) is 0 Å². The van der Waals surface area contributed by atoms with Crippen LogP contribution >= 0.6 is 23.4 Å². The molecule has 2 aromatic rings. The summed E-state index contributed by atoms with van der Waals surface area (Å²) in [4.78, 5) is 19.1. The number of pyridine rings is 1. The van der Waals surface area contributed by atoms with Gasteiger partial charge in [-0.3, -0.25) is 9.78 Å². The van der Waals surface area contributed by atoms with Crippen molar-refractivity contribution in [3.05, 3.63) is 53.8 Å². The van der Waals surface area contributed by atoms with Gasteiger partial charge in [0.05, 0.1) is 15.9 Å². The van der Waals surface area contributed by atoms with E-state index in [1.807, 2.05) is 12.1 Å². The number of benzene rings is 1. The largest absolute Gasteiger partial charge is 0.341 e. The molecule has 0 radical (unpaired) electrons. The van der Waals surface area contributed by atoms with Crippen molar-refractivity contribution in [3.8, 4) is 0 Å². The zero-order chi connectivity index (χ0) is 17.9. The van der Waals surface area contributed by atoms with Gasteiger partial charge in [-0.1, -0.05) is 11.6 Å². The minimum absolute atomic E-state index is 0.0457. The van der Waals surface area contributed by atoms with Crippen molar-refractivity contribution in [2.24, 2.45) is 0 Å². The summed E-state index contributed by atoms with van der Waals surface area (Å²) in [7, 11) is -3.46. The van der Waals surface area contributed by atoms with E-state index >= 15 is 0 Å². The third-order valence-electron chi connectivity index (χ3n) is 4.09. The van der Waals surface area contributed by atoms with Crippen molar-refractivity contribution in [2.45, 2.75) is 21.5 Å². The van der Waals surface area contributed by atoms with E-state index in [2.05, 4.69) is 4.98 Å². The number of halogens is 1. The summed E-state index contributed by atoms with van der Waals surface area (Å²) in [5.74, 6) is 0.244. The molecule has 2 heterocycles. The standard InChI is InChI=1S/C17H17ClN2O3S2/c18-13-1-3-15(4-2-13)25(22,23)16-7-10-20(11-16)17(21)12-24-14-5-8-19-9-6-14/h1-6,8-9,16H,7,10-12H2. The summed E-state index contributed by atoms with van der Waals surface area (Å²) in [6, 6.07) is 9.85. The maximum absolute atomic E-state index is 12.7. The van der Waals surface area contributed by atoms with Crippen LogP contribution in [-0.4, -0.2) is 48.3 Å². The number of hydrogen-bond acceptors (Lipinski definition) is 5. The Morgan fingerprint density at radius 2 is 1.88 bits per heavy atom. The van der Waals surface area contributed by atoms with E-state index in [9.17, 15) is 13.2 Å². The number of rotatable bonds is 5. The predicted octanol–water partition coefficient (Wildman–Crippen LogP) is 2.90. The number of hydrogen-bond donors (Lipinski definition) is 0. The predicted molar refractivity (Wildman–Crippen MR) is 98.6 cm³/mol. The third-order valence-corrected chi connectivity index (χ3v) is 7.53. The first kappa shape index (κ1) is 18.2. The molecule has 0 N–H and O–H groups in total. The lowest BCUT2D eigenvalue weighted by atomic mass is 10.4. The highest BCUT2D eigenvalue weighted by atomic mass is 35.5. The zero-order valence-corrected chi connectivity index (χ0v) is 15.7. The number of aromatic nitrogens is 1. The second kappa shape index (κ2) is 7.76. The van der Waals surface area contributed by atoms with Crippen molar-refractivity contribution in [1.82, 2.24) is 9.88 Å². The van der Waals surface area contributed by atoms with Gasteiger partial charge in [-0.15, -0.1) is 11.8 Å². The molecule has 132 valence electrons.